The Morgan fingerprint density at radius 1 is 0.773 bits per heavy atom. The predicted octanol–water partition coefficient (Wildman–Crippen LogP) is 5.70. The lowest BCUT2D eigenvalue weighted by Crippen LogP contribution is -2.00. The molecule has 0 heteroatoms. The molecule has 2 aromatic rings. The molecular formula is C22H22. The zero-order valence-corrected chi connectivity index (χ0v) is 13.8. The van der Waals surface area contributed by atoms with Crippen molar-refractivity contribution >= 4 is 0 Å². The van der Waals surface area contributed by atoms with E-state index in [0.717, 1.165) is 6.42 Å². The molecular weight excluding hydrogens is 264 g/mol. The molecule has 4 rings (SSSR count). The van der Waals surface area contributed by atoms with Crippen LogP contribution in [0, 0.1) is 27.7 Å². The maximum atomic E-state index is 2.46. The van der Waals surface area contributed by atoms with Gasteiger partial charge in [0, 0.05) is 5.92 Å². The zero-order valence-electron chi connectivity index (χ0n) is 13.8. The van der Waals surface area contributed by atoms with E-state index in [1.165, 1.54) is 50.1 Å². The number of fused-ring (bicyclic) bond motifs is 3. The molecule has 2 aliphatic carbocycles. The summed E-state index contributed by atoms with van der Waals surface area (Å²) in [4.78, 5) is 0. The second-order valence-corrected chi connectivity index (χ2v) is 6.76. The summed E-state index contributed by atoms with van der Waals surface area (Å²) in [7, 11) is 0. The molecule has 0 aromatic heterocycles. The third-order valence-corrected chi connectivity index (χ3v) is 5.58. The van der Waals surface area contributed by atoms with Crippen molar-refractivity contribution in [1.29, 1.82) is 0 Å². The summed E-state index contributed by atoms with van der Waals surface area (Å²) >= 11 is 0. The Kier molecular flexibility index (Phi) is 2.91. The SMILES string of the molecule is Cc1ccc2c(c1C)-c1c(cc(C3C=CC=C3)c(C)c1C)C2. The van der Waals surface area contributed by atoms with Crippen LogP contribution in [-0.2, 0) is 6.42 Å². The van der Waals surface area contributed by atoms with Crippen LogP contribution in [0.3, 0.4) is 0 Å². The van der Waals surface area contributed by atoms with Crippen LogP contribution < -0.4 is 0 Å². The van der Waals surface area contributed by atoms with E-state index < -0.39 is 0 Å². The Morgan fingerprint density at radius 2 is 1.45 bits per heavy atom. The second kappa shape index (κ2) is 4.71. The molecule has 0 radical (unpaired) electrons. The number of rotatable bonds is 1. The molecule has 0 spiro atoms. The first-order valence-electron chi connectivity index (χ1n) is 8.15. The quantitative estimate of drug-likeness (QED) is 0.538. The van der Waals surface area contributed by atoms with Gasteiger partial charge in [0.2, 0.25) is 0 Å². The molecule has 0 N–H and O–H groups in total. The first-order chi connectivity index (χ1) is 10.6. The molecule has 0 bridgehead atoms. The van der Waals surface area contributed by atoms with Gasteiger partial charge in [0.25, 0.3) is 0 Å². The normalized spacial score (nSPS) is 15.5. The molecule has 0 saturated carbocycles. The maximum absolute atomic E-state index is 2.46. The van der Waals surface area contributed by atoms with Crippen molar-refractivity contribution in [3.05, 3.63) is 81.4 Å². The highest BCUT2D eigenvalue weighted by Gasteiger charge is 2.26. The van der Waals surface area contributed by atoms with Gasteiger partial charge in [0.1, 0.15) is 0 Å². The first kappa shape index (κ1) is 13.6. The highest BCUT2D eigenvalue weighted by molar-refractivity contribution is 5.84. The lowest BCUT2D eigenvalue weighted by atomic mass is 9.86. The number of aryl methyl sites for hydroxylation is 1. The molecule has 0 unspecified atom stereocenters. The maximum Gasteiger partial charge on any atom is 0.0207 e. The van der Waals surface area contributed by atoms with Crippen LogP contribution >= 0.6 is 0 Å². The molecule has 0 aliphatic heterocycles. The monoisotopic (exact) mass is 286 g/mol. The fraction of sp³-hybridized carbons (Fsp3) is 0.273. The highest BCUT2D eigenvalue weighted by atomic mass is 14.3. The van der Waals surface area contributed by atoms with Crippen LogP contribution in [0.25, 0.3) is 11.1 Å². The van der Waals surface area contributed by atoms with Gasteiger partial charge < -0.3 is 0 Å². The molecule has 0 fully saturated rings. The Balaban J connectivity index is 1.97. The standard InChI is InChI=1S/C22H22/c1-13-9-10-18-11-19-12-20(17-7-5-6-8-17)15(3)16(4)22(19)21(18)14(13)2/h5-10,12,17H,11H2,1-4H3. The van der Waals surface area contributed by atoms with E-state index in [1.807, 2.05) is 0 Å². The van der Waals surface area contributed by atoms with Crippen LogP contribution in [0.1, 0.15) is 44.9 Å². The molecule has 0 heterocycles. The van der Waals surface area contributed by atoms with E-state index in [4.69, 9.17) is 0 Å². The summed E-state index contributed by atoms with van der Waals surface area (Å²) in [6, 6.07) is 7.05. The van der Waals surface area contributed by atoms with Gasteiger partial charge in [-0.05, 0) is 84.2 Å². The molecule has 0 atom stereocenters. The highest BCUT2D eigenvalue weighted by Crippen LogP contribution is 2.45. The van der Waals surface area contributed by atoms with Gasteiger partial charge in [0.15, 0.2) is 0 Å². The minimum Gasteiger partial charge on any atom is -0.0732 e. The van der Waals surface area contributed by atoms with Crippen molar-refractivity contribution in [2.24, 2.45) is 0 Å². The van der Waals surface area contributed by atoms with Gasteiger partial charge in [-0.2, -0.15) is 0 Å². The average Bonchev–Trinajstić information content (AvgIpc) is 3.14. The molecule has 2 aromatic carbocycles. The Labute approximate surface area is 133 Å². The van der Waals surface area contributed by atoms with E-state index in [-0.39, 0.29) is 0 Å². The molecule has 2 aliphatic rings. The molecule has 0 saturated heterocycles. The van der Waals surface area contributed by atoms with Crippen molar-refractivity contribution < 1.29 is 0 Å². The molecule has 0 amide bonds. The average molecular weight is 286 g/mol. The first-order valence-corrected chi connectivity index (χ1v) is 8.15. The summed E-state index contributed by atoms with van der Waals surface area (Å²) in [6.07, 6.45) is 10.0. The molecule has 110 valence electrons. The van der Waals surface area contributed by atoms with Gasteiger partial charge in [-0.1, -0.05) is 42.5 Å². The van der Waals surface area contributed by atoms with Crippen molar-refractivity contribution in [3.8, 4) is 11.1 Å². The van der Waals surface area contributed by atoms with Gasteiger partial charge in [-0.15, -0.1) is 0 Å². The van der Waals surface area contributed by atoms with Crippen LogP contribution in [0.2, 0.25) is 0 Å². The lowest BCUT2D eigenvalue weighted by molar-refractivity contribution is 1.05. The fourth-order valence-electron chi connectivity index (χ4n) is 4.06. The van der Waals surface area contributed by atoms with Crippen LogP contribution in [0.15, 0.2) is 42.5 Å². The van der Waals surface area contributed by atoms with Crippen LogP contribution in [0.4, 0.5) is 0 Å². The summed E-state index contributed by atoms with van der Waals surface area (Å²) < 4.78 is 0. The van der Waals surface area contributed by atoms with Gasteiger partial charge in [0.05, 0.1) is 0 Å². The lowest BCUT2D eigenvalue weighted by Gasteiger charge is -2.18. The fourth-order valence-corrected chi connectivity index (χ4v) is 4.06. The van der Waals surface area contributed by atoms with E-state index in [2.05, 4.69) is 70.2 Å². The largest absolute Gasteiger partial charge is 0.0732 e. The minimum absolute atomic E-state index is 0.454. The van der Waals surface area contributed by atoms with Crippen molar-refractivity contribution in [2.45, 2.75) is 40.0 Å². The number of allylic oxidation sites excluding steroid dienone is 4. The Morgan fingerprint density at radius 3 is 2.18 bits per heavy atom. The van der Waals surface area contributed by atoms with Gasteiger partial charge in [-0.3, -0.25) is 0 Å². The number of hydrogen-bond donors (Lipinski definition) is 0. The number of hydrogen-bond acceptors (Lipinski definition) is 0. The second-order valence-electron chi connectivity index (χ2n) is 6.76. The third kappa shape index (κ3) is 1.76. The number of benzene rings is 2. The van der Waals surface area contributed by atoms with Crippen molar-refractivity contribution in [1.82, 2.24) is 0 Å². The summed E-state index contributed by atoms with van der Waals surface area (Å²) in [5, 5.41) is 0. The van der Waals surface area contributed by atoms with Gasteiger partial charge >= 0.3 is 0 Å². The molecule has 22 heavy (non-hydrogen) atoms. The predicted molar refractivity (Wildman–Crippen MR) is 94.7 cm³/mol. The zero-order chi connectivity index (χ0) is 15.4. The van der Waals surface area contributed by atoms with E-state index in [9.17, 15) is 0 Å². The Bertz CT molecular complexity index is 835. The van der Waals surface area contributed by atoms with E-state index in [1.54, 1.807) is 0 Å². The van der Waals surface area contributed by atoms with Gasteiger partial charge in [-0.25, -0.2) is 0 Å². The van der Waals surface area contributed by atoms with Crippen LogP contribution in [0.5, 0.6) is 0 Å². The minimum atomic E-state index is 0.454. The summed E-state index contributed by atoms with van der Waals surface area (Å²) in [5.74, 6) is 0.454. The third-order valence-electron chi connectivity index (χ3n) is 5.58. The van der Waals surface area contributed by atoms with Crippen molar-refractivity contribution in [3.63, 3.8) is 0 Å². The summed E-state index contributed by atoms with van der Waals surface area (Å²) in [5.41, 5.74) is 13.3. The van der Waals surface area contributed by atoms with E-state index in [0.29, 0.717) is 5.92 Å². The van der Waals surface area contributed by atoms with Crippen molar-refractivity contribution in [2.75, 3.05) is 0 Å². The van der Waals surface area contributed by atoms with E-state index >= 15 is 0 Å². The molecule has 0 nitrogen and oxygen atoms in total. The summed E-state index contributed by atoms with van der Waals surface area (Å²) in [6.45, 7) is 9.08. The van der Waals surface area contributed by atoms with Crippen LogP contribution in [-0.4, -0.2) is 0 Å². The topological polar surface area (TPSA) is 0 Å². The smallest absolute Gasteiger partial charge is 0.0207 e. The Hall–Kier alpha value is -2.08.